The Morgan fingerprint density at radius 1 is 0.290 bits per heavy atom. The van der Waals surface area contributed by atoms with Crippen LogP contribution < -0.4 is 9.80 Å². The number of aliphatic imine (C=N–C) groups is 2. The minimum atomic E-state index is 0.533. The molecule has 0 aliphatic heterocycles. The van der Waals surface area contributed by atoms with Crippen LogP contribution in [0, 0.1) is 0 Å². The molecule has 10 aromatic rings. The van der Waals surface area contributed by atoms with E-state index < -0.39 is 0 Å². The number of hydrogen-bond donors (Lipinski definition) is 0. The lowest BCUT2D eigenvalue weighted by Crippen LogP contribution is -2.11. The zero-order chi connectivity index (χ0) is 46.2. The van der Waals surface area contributed by atoms with Crippen molar-refractivity contribution in [3.05, 3.63) is 218 Å². The third kappa shape index (κ3) is 9.55. The molecule has 0 amide bonds. The summed E-state index contributed by atoms with van der Waals surface area (Å²) in [5.74, 6) is 0. The minimum Gasteiger partial charge on any atom is -0.309 e. The molecule has 0 heterocycles. The van der Waals surface area contributed by atoms with Crippen LogP contribution in [-0.4, -0.2) is 18.1 Å². The molecule has 2 fully saturated rings. The van der Waals surface area contributed by atoms with E-state index in [1.54, 1.807) is 0 Å². The van der Waals surface area contributed by atoms with Crippen molar-refractivity contribution in [3.63, 3.8) is 0 Å². The molecular formula is C65H58N4. The lowest BCUT2D eigenvalue weighted by atomic mass is 9.96. The van der Waals surface area contributed by atoms with Crippen LogP contribution in [0.25, 0.3) is 54.2 Å². The molecule has 10 aromatic carbocycles. The van der Waals surface area contributed by atoms with E-state index in [-0.39, 0.29) is 0 Å². The molecular weight excluding hydrogens is 837 g/mol. The summed E-state index contributed by atoms with van der Waals surface area (Å²) in [5, 5.41) is 9.75. The lowest BCUT2D eigenvalue weighted by Gasteiger charge is -2.28. The number of hydrogen-bond acceptors (Lipinski definition) is 4. The zero-order valence-electron chi connectivity index (χ0n) is 39.3. The predicted molar refractivity (Wildman–Crippen MR) is 295 cm³/mol. The van der Waals surface area contributed by atoms with Crippen molar-refractivity contribution < 1.29 is 0 Å². The third-order valence-corrected chi connectivity index (χ3v) is 14.2. The normalized spacial score (nSPS) is 14.2. The van der Waals surface area contributed by atoms with E-state index in [0.29, 0.717) is 12.1 Å². The second-order valence-electron chi connectivity index (χ2n) is 18.7. The molecule has 0 saturated heterocycles. The second-order valence-corrected chi connectivity index (χ2v) is 18.7. The van der Waals surface area contributed by atoms with Crippen LogP contribution in [0.2, 0.25) is 0 Å². The van der Waals surface area contributed by atoms with E-state index in [9.17, 15) is 0 Å². The Bertz CT molecular complexity index is 3000. The molecule has 2 aliphatic rings. The molecule has 0 radical (unpaired) electrons. The summed E-state index contributed by atoms with van der Waals surface area (Å²) < 4.78 is 0. The molecule has 4 nitrogen and oxygen atoms in total. The van der Waals surface area contributed by atoms with Crippen LogP contribution in [0.5, 0.6) is 0 Å². The quantitative estimate of drug-likeness (QED) is 0.135. The standard InChI is InChI=1S/C52H36N2.C13H22N2/c1-5-21-45-39(13-1)17-9-25-49(45)53(50-26-10-18-40-14-2-6-22-46(40)50)43-33-29-37(30-34-43)38-31-35-44(36-32-38)54(51-27-11-19-41-15-3-7-23-47(41)51)52-28-12-20-42-16-4-8-24-48(42)52;1-3-7-12(8-4-1)14-11-15-13-9-5-2-6-10-13/h1-36H;12-13H,1-10H2. The number of benzene rings is 10. The lowest BCUT2D eigenvalue weighted by molar-refractivity contribution is 0.438. The van der Waals surface area contributed by atoms with Gasteiger partial charge in [-0.1, -0.05) is 208 Å². The van der Waals surface area contributed by atoms with E-state index >= 15 is 0 Å². The molecule has 12 rings (SSSR count). The smallest absolute Gasteiger partial charge is 0.0898 e. The Morgan fingerprint density at radius 3 is 0.870 bits per heavy atom. The molecule has 69 heavy (non-hydrogen) atoms. The van der Waals surface area contributed by atoms with E-state index in [1.165, 1.54) is 118 Å². The van der Waals surface area contributed by atoms with Gasteiger partial charge in [0.25, 0.3) is 0 Å². The minimum absolute atomic E-state index is 0.533. The average Bonchev–Trinajstić information content (AvgIpc) is 3.42. The van der Waals surface area contributed by atoms with Crippen LogP contribution >= 0.6 is 0 Å². The van der Waals surface area contributed by atoms with Gasteiger partial charge >= 0.3 is 0 Å². The van der Waals surface area contributed by atoms with Crippen LogP contribution in [0.4, 0.5) is 34.1 Å². The van der Waals surface area contributed by atoms with Gasteiger partial charge in [0.2, 0.25) is 0 Å². The zero-order valence-corrected chi connectivity index (χ0v) is 39.3. The Labute approximate surface area is 406 Å². The maximum Gasteiger partial charge on any atom is 0.0898 e. The maximum atomic E-state index is 4.46. The van der Waals surface area contributed by atoms with Gasteiger partial charge in [0, 0.05) is 32.9 Å². The van der Waals surface area contributed by atoms with Crippen LogP contribution in [-0.2, 0) is 0 Å². The van der Waals surface area contributed by atoms with Crippen molar-refractivity contribution in [3.8, 4) is 11.1 Å². The number of nitrogens with zero attached hydrogens (tertiary/aromatic N) is 4. The Balaban J connectivity index is 0.000000296. The fourth-order valence-corrected chi connectivity index (χ4v) is 10.7. The van der Waals surface area contributed by atoms with Gasteiger partial charge in [0.1, 0.15) is 0 Å². The molecule has 2 aliphatic carbocycles. The largest absolute Gasteiger partial charge is 0.309 e. The number of fused-ring (bicyclic) bond motifs is 4. The second kappa shape index (κ2) is 20.6. The van der Waals surface area contributed by atoms with Crippen molar-refractivity contribution in [2.75, 3.05) is 9.80 Å². The molecule has 0 N–H and O–H groups in total. The molecule has 4 heteroatoms. The Kier molecular flexibility index (Phi) is 13.1. The van der Waals surface area contributed by atoms with Gasteiger partial charge in [-0.2, -0.15) is 0 Å². The van der Waals surface area contributed by atoms with Gasteiger partial charge in [0.15, 0.2) is 0 Å². The highest BCUT2D eigenvalue weighted by molar-refractivity contribution is 6.06. The first-order chi connectivity index (χ1) is 34.2. The van der Waals surface area contributed by atoms with Gasteiger partial charge in [0.05, 0.1) is 40.8 Å². The van der Waals surface area contributed by atoms with E-state index in [2.05, 4.69) is 244 Å². The SMILES string of the molecule is C(=NC1CCCCC1)=NC1CCCCC1.c1ccc2c(N(c3ccc(-c4ccc(N(c5cccc6ccccc56)c5cccc6ccccc56)cc4)cc3)c3cccc4ccccc34)cccc2c1. The molecule has 2 saturated carbocycles. The fourth-order valence-electron chi connectivity index (χ4n) is 10.7. The maximum absolute atomic E-state index is 4.46. The molecule has 0 unspecified atom stereocenters. The van der Waals surface area contributed by atoms with Crippen molar-refractivity contribution in [2.24, 2.45) is 9.98 Å². The van der Waals surface area contributed by atoms with Crippen LogP contribution in [0.3, 0.4) is 0 Å². The molecule has 0 atom stereocenters. The first-order valence-electron chi connectivity index (χ1n) is 25.1. The van der Waals surface area contributed by atoms with Crippen molar-refractivity contribution >= 4 is 83.2 Å². The Hall–Kier alpha value is -7.78. The summed E-state index contributed by atoms with van der Waals surface area (Å²) in [7, 11) is 0. The van der Waals surface area contributed by atoms with Gasteiger partial charge in [-0.15, -0.1) is 0 Å². The third-order valence-electron chi connectivity index (χ3n) is 14.2. The summed E-state index contributed by atoms with van der Waals surface area (Å²) in [6, 6.07) is 83.0. The number of rotatable bonds is 9. The molecule has 0 bridgehead atoms. The van der Waals surface area contributed by atoms with E-state index in [0.717, 1.165) is 34.1 Å². The number of anilines is 6. The van der Waals surface area contributed by atoms with Crippen molar-refractivity contribution in [1.82, 2.24) is 0 Å². The summed E-state index contributed by atoms with van der Waals surface area (Å²) >= 11 is 0. The van der Waals surface area contributed by atoms with Gasteiger partial charge in [-0.05, 0) is 107 Å². The fraction of sp³-hybridized carbons (Fsp3) is 0.185. The van der Waals surface area contributed by atoms with E-state index in [1.807, 2.05) is 0 Å². The monoisotopic (exact) mass is 894 g/mol. The highest BCUT2D eigenvalue weighted by Crippen LogP contribution is 2.44. The highest BCUT2D eigenvalue weighted by Gasteiger charge is 2.20. The van der Waals surface area contributed by atoms with Crippen LogP contribution in [0.15, 0.2) is 228 Å². The summed E-state index contributed by atoms with van der Waals surface area (Å²) in [5.41, 5.74) is 9.19. The van der Waals surface area contributed by atoms with Crippen molar-refractivity contribution in [1.29, 1.82) is 0 Å². The molecule has 338 valence electrons. The summed E-state index contributed by atoms with van der Waals surface area (Å²) in [4.78, 5) is 13.7. The molecule has 0 spiro atoms. The summed E-state index contributed by atoms with van der Waals surface area (Å²) in [6.07, 6.45) is 13.2. The summed E-state index contributed by atoms with van der Waals surface area (Å²) in [6.45, 7) is 0. The molecule has 0 aromatic heterocycles. The Morgan fingerprint density at radius 2 is 0.565 bits per heavy atom. The first-order valence-corrected chi connectivity index (χ1v) is 25.1. The topological polar surface area (TPSA) is 31.2 Å². The van der Waals surface area contributed by atoms with Gasteiger partial charge in [-0.25, -0.2) is 9.98 Å². The van der Waals surface area contributed by atoms with Gasteiger partial charge in [-0.3, -0.25) is 0 Å². The average molecular weight is 895 g/mol. The van der Waals surface area contributed by atoms with Crippen LogP contribution in [0.1, 0.15) is 64.2 Å². The van der Waals surface area contributed by atoms with E-state index in [4.69, 9.17) is 0 Å². The first kappa shape index (κ1) is 43.8. The predicted octanol–water partition coefficient (Wildman–Crippen LogP) is 18.7. The van der Waals surface area contributed by atoms with Gasteiger partial charge < -0.3 is 9.80 Å². The highest BCUT2D eigenvalue weighted by atomic mass is 15.2. The van der Waals surface area contributed by atoms with Crippen molar-refractivity contribution in [2.45, 2.75) is 76.3 Å².